The standard InChI is InChI=1S/C12H18ClN3O/c1-3-5-6-7-14-10-9-15-16(8-4-2)12(17)11(10)13/h3,5,9,14H,4,6-8H2,1-2H3/b5-3+. The molecule has 0 atom stereocenters. The Morgan fingerprint density at radius 1 is 1.59 bits per heavy atom. The molecule has 0 bridgehead atoms. The molecule has 0 radical (unpaired) electrons. The second-order valence-electron chi connectivity index (χ2n) is 3.69. The van der Waals surface area contributed by atoms with Crippen LogP contribution in [0.1, 0.15) is 26.7 Å². The van der Waals surface area contributed by atoms with E-state index in [0.717, 1.165) is 19.4 Å². The van der Waals surface area contributed by atoms with E-state index in [1.54, 1.807) is 6.20 Å². The molecule has 0 fully saturated rings. The van der Waals surface area contributed by atoms with Crippen LogP contribution in [0.25, 0.3) is 0 Å². The lowest BCUT2D eigenvalue weighted by Crippen LogP contribution is -2.24. The normalized spacial score (nSPS) is 11.0. The predicted molar refractivity (Wildman–Crippen MR) is 71.7 cm³/mol. The zero-order valence-corrected chi connectivity index (χ0v) is 11.0. The van der Waals surface area contributed by atoms with Crippen molar-refractivity contribution in [1.82, 2.24) is 9.78 Å². The monoisotopic (exact) mass is 255 g/mol. The highest BCUT2D eigenvalue weighted by Crippen LogP contribution is 2.14. The van der Waals surface area contributed by atoms with Crippen LogP contribution in [0.15, 0.2) is 23.1 Å². The first-order valence-corrected chi connectivity index (χ1v) is 6.19. The Morgan fingerprint density at radius 3 is 3.00 bits per heavy atom. The maximum absolute atomic E-state index is 11.8. The molecule has 0 saturated carbocycles. The third-order valence-electron chi connectivity index (χ3n) is 2.28. The summed E-state index contributed by atoms with van der Waals surface area (Å²) < 4.78 is 1.39. The third kappa shape index (κ3) is 3.89. The second kappa shape index (κ2) is 7.12. The van der Waals surface area contributed by atoms with E-state index in [9.17, 15) is 4.79 Å². The first kappa shape index (κ1) is 13.8. The van der Waals surface area contributed by atoms with Crippen molar-refractivity contribution in [2.75, 3.05) is 11.9 Å². The van der Waals surface area contributed by atoms with Crippen molar-refractivity contribution in [3.05, 3.63) is 33.7 Å². The molecule has 0 aliphatic carbocycles. The van der Waals surface area contributed by atoms with Gasteiger partial charge in [-0.05, 0) is 19.8 Å². The zero-order valence-electron chi connectivity index (χ0n) is 10.2. The fourth-order valence-corrected chi connectivity index (χ4v) is 1.63. The summed E-state index contributed by atoms with van der Waals surface area (Å²) >= 11 is 5.99. The van der Waals surface area contributed by atoms with Crippen LogP contribution >= 0.6 is 11.6 Å². The van der Waals surface area contributed by atoms with E-state index >= 15 is 0 Å². The first-order chi connectivity index (χ1) is 8.20. The number of allylic oxidation sites excluding steroid dienone is 1. The molecule has 94 valence electrons. The van der Waals surface area contributed by atoms with E-state index < -0.39 is 0 Å². The van der Waals surface area contributed by atoms with Gasteiger partial charge in [-0.2, -0.15) is 5.10 Å². The highest BCUT2D eigenvalue weighted by atomic mass is 35.5. The van der Waals surface area contributed by atoms with Crippen molar-refractivity contribution >= 4 is 17.3 Å². The van der Waals surface area contributed by atoms with Gasteiger partial charge in [-0.15, -0.1) is 0 Å². The first-order valence-electron chi connectivity index (χ1n) is 5.81. The summed E-state index contributed by atoms with van der Waals surface area (Å²) in [5.74, 6) is 0. The third-order valence-corrected chi connectivity index (χ3v) is 2.65. The molecule has 0 saturated heterocycles. The van der Waals surface area contributed by atoms with Crippen LogP contribution in [-0.2, 0) is 6.54 Å². The summed E-state index contributed by atoms with van der Waals surface area (Å²) in [7, 11) is 0. The molecule has 1 aromatic rings. The number of hydrogen-bond donors (Lipinski definition) is 1. The fourth-order valence-electron chi connectivity index (χ4n) is 1.42. The van der Waals surface area contributed by atoms with Crippen molar-refractivity contribution in [3.63, 3.8) is 0 Å². The van der Waals surface area contributed by atoms with Crippen LogP contribution < -0.4 is 10.9 Å². The lowest BCUT2D eigenvalue weighted by Gasteiger charge is -2.08. The molecule has 17 heavy (non-hydrogen) atoms. The molecule has 0 aliphatic heterocycles. The molecule has 0 amide bonds. The van der Waals surface area contributed by atoms with Crippen LogP contribution in [0.4, 0.5) is 5.69 Å². The molecular weight excluding hydrogens is 238 g/mol. The minimum Gasteiger partial charge on any atom is -0.382 e. The van der Waals surface area contributed by atoms with Crippen molar-refractivity contribution < 1.29 is 0 Å². The molecule has 0 aliphatic rings. The summed E-state index contributed by atoms with van der Waals surface area (Å²) in [5.41, 5.74) is 0.373. The molecule has 1 rings (SSSR count). The molecule has 1 N–H and O–H groups in total. The maximum Gasteiger partial charge on any atom is 0.287 e. The van der Waals surface area contributed by atoms with Crippen molar-refractivity contribution in [2.45, 2.75) is 33.2 Å². The second-order valence-corrected chi connectivity index (χ2v) is 4.06. The summed E-state index contributed by atoms with van der Waals surface area (Å²) in [6.45, 7) is 5.30. The maximum atomic E-state index is 11.8. The van der Waals surface area contributed by atoms with Gasteiger partial charge in [-0.25, -0.2) is 4.68 Å². The fraction of sp³-hybridized carbons (Fsp3) is 0.500. The van der Waals surface area contributed by atoms with Crippen LogP contribution in [0.2, 0.25) is 5.02 Å². The molecule has 1 aromatic heterocycles. The minimum atomic E-state index is -0.232. The molecular formula is C12H18ClN3O. The quantitative estimate of drug-likeness (QED) is 0.628. The van der Waals surface area contributed by atoms with Gasteiger partial charge in [0, 0.05) is 13.1 Å². The smallest absolute Gasteiger partial charge is 0.287 e. The number of nitrogens with zero attached hydrogens (tertiary/aromatic N) is 2. The lowest BCUT2D eigenvalue weighted by molar-refractivity contribution is 0.568. The van der Waals surface area contributed by atoms with E-state index in [4.69, 9.17) is 11.6 Å². The minimum absolute atomic E-state index is 0.217. The van der Waals surface area contributed by atoms with Crippen LogP contribution in [0.5, 0.6) is 0 Å². The van der Waals surface area contributed by atoms with Gasteiger partial charge in [0.25, 0.3) is 5.56 Å². The number of nitrogens with one attached hydrogen (secondary N) is 1. The molecule has 4 nitrogen and oxygen atoms in total. The average molecular weight is 256 g/mol. The number of aryl methyl sites for hydroxylation is 1. The molecule has 0 spiro atoms. The highest BCUT2D eigenvalue weighted by molar-refractivity contribution is 6.32. The van der Waals surface area contributed by atoms with E-state index in [-0.39, 0.29) is 10.6 Å². The number of anilines is 1. The van der Waals surface area contributed by atoms with Gasteiger partial charge in [0.1, 0.15) is 5.02 Å². The Bertz CT molecular complexity index is 440. The van der Waals surface area contributed by atoms with Gasteiger partial charge in [0.05, 0.1) is 11.9 Å². The van der Waals surface area contributed by atoms with Crippen molar-refractivity contribution in [1.29, 1.82) is 0 Å². The van der Waals surface area contributed by atoms with Crippen molar-refractivity contribution in [3.8, 4) is 0 Å². The number of hydrogen-bond acceptors (Lipinski definition) is 3. The van der Waals surface area contributed by atoms with Gasteiger partial charge in [0.15, 0.2) is 0 Å². The van der Waals surface area contributed by atoms with E-state index in [2.05, 4.69) is 10.4 Å². The number of aromatic nitrogens is 2. The van der Waals surface area contributed by atoms with Gasteiger partial charge in [-0.3, -0.25) is 4.79 Å². The summed E-state index contributed by atoms with van der Waals surface area (Å²) in [5, 5.41) is 7.38. The van der Waals surface area contributed by atoms with Gasteiger partial charge in [0.2, 0.25) is 0 Å². The molecule has 1 heterocycles. The Balaban J connectivity index is 2.74. The molecule has 0 aromatic carbocycles. The Labute approximate surface area is 106 Å². The largest absolute Gasteiger partial charge is 0.382 e. The lowest BCUT2D eigenvalue weighted by atomic mass is 10.3. The molecule has 5 heteroatoms. The van der Waals surface area contributed by atoms with Crippen LogP contribution in [0.3, 0.4) is 0 Å². The van der Waals surface area contributed by atoms with E-state index in [0.29, 0.717) is 12.2 Å². The Morgan fingerprint density at radius 2 is 2.35 bits per heavy atom. The summed E-state index contributed by atoms with van der Waals surface area (Å²) in [4.78, 5) is 11.8. The zero-order chi connectivity index (χ0) is 12.7. The molecule has 0 unspecified atom stereocenters. The summed E-state index contributed by atoms with van der Waals surface area (Å²) in [6, 6.07) is 0. The Hall–Kier alpha value is -1.29. The number of rotatable bonds is 6. The average Bonchev–Trinajstić information content (AvgIpc) is 2.33. The highest BCUT2D eigenvalue weighted by Gasteiger charge is 2.07. The van der Waals surface area contributed by atoms with Crippen LogP contribution in [0, 0.1) is 0 Å². The predicted octanol–water partition coefficient (Wildman–Crippen LogP) is 2.68. The van der Waals surface area contributed by atoms with Crippen molar-refractivity contribution in [2.24, 2.45) is 0 Å². The van der Waals surface area contributed by atoms with E-state index in [1.165, 1.54) is 4.68 Å². The summed E-state index contributed by atoms with van der Waals surface area (Å²) in [6.07, 6.45) is 7.39. The topological polar surface area (TPSA) is 46.9 Å². The van der Waals surface area contributed by atoms with E-state index in [1.807, 2.05) is 26.0 Å². The Kier molecular flexibility index (Phi) is 5.77. The van der Waals surface area contributed by atoms with Gasteiger partial charge in [-0.1, -0.05) is 30.7 Å². The van der Waals surface area contributed by atoms with Crippen LogP contribution in [-0.4, -0.2) is 16.3 Å². The van der Waals surface area contributed by atoms with Gasteiger partial charge < -0.3 is 5.32 Å². The number of halogens is 1. The SMILES string of the molecule is C/C=C/CCNc1cnn(CCC)c(=O)c1Cl. The van der Waals surface area contributed by atoms with Gasteiger partial charge >= 0.3 is 0 Å².